The SMILES string of the molecule is COCc1c(C(=O)NC(c2ccccc2)c2n[nH]c(C)n2)sc2cccc(F)c12. The van der Waals surface area contributed by atoms with Crippen molar-refractivity contribution in [2.45, 2.75) is 19.6 Å². The van der Waals surface area contributed by atoms with Gasteiger partial charge in [0.1, 0.15) is 17.7 Å². The number of carbonyl (C=O) groups is 1. The summed E-state index contributed by atoms with van der Waals surface area (Å²) in [5.41, 5.74) is 1.39. The summed E-state index contributed by atoms with van der Waals surface area (Å²) in [5.74, 6) is 0.421. The average molecular weight is 410 g/mol. The van der Waals surface area contributed by atoms with E-state index >= 15 is 0 Å². The van der Waals surface area contributed by atoms with E-state index in [0.717, 1.165) is 5.56 Å². The van der Waals surface area contributed by atoms with Crippen LogP contribution < -0.4 is 5.32 Å². The molecule has 6 nitrogen and oxygen atoms in total. The number of nitrogens with one attached hydrogen (secondary N) is 2. The molecule has 0 aliphatic heterocycles. The van der Waals surface area contributed by atoms with Crippen LogP contribution in [0.15, 0.2) is 48.5 Å². The lowest BCUT2D eigenvalue weighted by Gasteiger charge is -2.16. The molecular weight excluding hydrogens is 391 g/mol. The minimum atomic E-state index is -0.542. The predicted octanol–water partition coefficient (Wildman–Crippen LogP) is 4.13. The van der Waals surface area contributed by atoms with E-state index in [1.165, 1.54) is 24.5 Å². The summed E-state index contributed by atoms with van der Waals surface area (Å²) in [6.07, 6.45) is 0. The van der Waals surface area contributed by atoms with Crippen LogP contribution in [-0.2, 0) is 11.3 Å². The fourth-order valence-corrected chi connectivity index (χ4v) is 4.39. The van der Waals surface area contributed by atoms with Crippen molar-refractivity contribution in [1.29, 1.82) is 0 Å². The number of aromatic nitrogens is 3. The van der Waals surface area contributed by atoms with Crippen LogP contribution in [0.4, 0.5) is 4.39 Å². The predicted molar refractivity (Wildman–Crippen MR) is 109 cm³/mol. The molecule has 148 valence electrons. The van der Waals surface area contributed by atoms with Crippen LogP contribution in [0.1, 0.15) is 38.5 Å². The Morgan fingerprint density at radius 1 is 1.24 bits per heavy atom. The molecule has 0 radical (unpaired) electrons. The van der Waals surface area contributed by atoms with Crippen LogP contribution in [0.5, 0.6) is 0 Å². The molecule has 0 aliphatic rings. The molecule has 1 amide bonds. The van der Waals surface area contributed by atoms with Crippen LogP contribution in [0, 0.1) is 12.7 Å². The molecule has 0 spiro atoms. The lowest BCUT2D eigenvalue weighted by molar-refractivity contribution is 0.0941. The number of amides is 1. The Kier molecular flexibility index (Phi) is 5.37. The molecule has 0 fully saturated rings. The Bertz CT molecular complexity index is 1160. The molecule has 0 saturated carbocycles. The number of aromatic amines is 1. The molecule has 8 heteroatoms. The van der Waals surface area contributed by atoms with E-state index in [1.54, 1.807) is 19.1 Å². The Labute approximate surface area is 170 Å². The summed E-state index contributed by atoms with van der Waals surface area (Å²) in [6.45, 7) is 1.94. The number of methoxy groups -OCH3 is 1. The summed E-state index contributed by atoms with van der Waals surface area (Å²) >= 11 is 1.24. The average Bonchev–Trinajstić information content (AvgIpc) is 3.32. The van der Waals surface area contributed by atoms with Gasteiger partial charge in [-0.05, 0) is 24.6 Å². The molecule has 0 aliphatic carbocycles. The maximum absolute atomic E-state index is 14.4. The molecule has 0 saturated heterocycles. The second kappa shape index (κ2) is 8.10. The van der Waals surface area contributed by atoms with Crippen molar-refractivity contribution in [2.75, 3.05) is 7.11 Å². The second-order valence-corrected chi connectivity index (χ2v) is 7.60. The highest BCUT2D eigenvalue weighted by atomic mass is 32.1. The van der Waals surface area contributed by atoms with Gasteiger partial charge >= 0.3 is 0 Å². The Morgan fingerprint density at radius 2 is 2.03 bits per heavy atom. The number of thiophene rings is 1. The van der Waals surface area contributed by atoms with Gasteiger partial charge in [-0.1, -0.05) is 36.4 Å². The van der Waals surface area contributed by atoms with Gasteiger partial charge in [0.05, 0.1) is 11.5 Å². The lowest BCUT2D eigenvalue weighted by Crippen LogP contribution is -2.30. The third-order valence-electron chi connectivity index (χ3n) is 4.54. The van der Waals surface area contributed by atoms with Crippen LogP contribution in [0.3, 0.4) is 0 Å². The van der Waals surface area contributed by atoms with Crippen LogP contribution in [-0.4, -0.2) is 28.2 Å². The van der Waals surface area contributed by atoms with E-state index in [4.69, 9.17) is 4.74 Å². The minimum Gasteiger partial charge on any atom is -0.380 e. The van der Waals surface area contributed by atoms with Crippen LogP contribution >= 0.6 is 11.3 Å². The molecule has 2 aromatic carbocycles. The standard InChI is InChI=1S/C21H19FN4O2S/c1-12-23-20(26-25-12)18(13-7-4-3-5-8-13)24-21(27)19-14(11-28-2)17-15(22)9-6-10-16(17)29-19/h3-10,18H,11H2,1-2H3,(H,24,27)(H,23,25,26). The molecule has 1 unspecified atom stereocenters. The zero-order valence-electron chi connectivity index (χ0n) is 15.9. The van der Waals surface area contributed by atoms with Crippen molar-refractivity contribution in [3.05, 3.63) is 82.0 Å². The molecule has 29 heavy (non-hydrogen) atoms. The van der Waals surface area contributed by atoms with E-state index in [-0.39, 0.29) is 18.3 Å². The molecule has 4 aromatic rings. The van der Waals surface area contributed by atoms with Gasteiger partial charge in [0.15, 0.2) is 5.82 Å². The topological polar surface area (TPSA) is 79.9 Å². The Hall–Kier alpha value is -3.10. The number of benzene rings is 2. The van der Waals surface area contributed by atoms with E-state index in [9.17, 15) is 9.18 Å². The first kappa shape index (κ1) is 19.2. The Morgan fingerprint density at radius 3 is 2.72 bits per heavy atom. The van der Waals surface area contributed by atoms with Gasteiger partial charge in [0.2, 0.25) is 0 Å². The fraction of sp³-hybridized carbons (Fsp3) is 0.190. The van der Waals surface area contributed by atoms with E-state index in [1.807, 2.05) is 30.3 Å². The zero-order valence-corrected chi connectivity index (χ0v) is 16.7. The summed E-state index contributed by atoms with van der Waals surface area (Å²) < 4.78 is 20.4. The highest BCUT2D eigenvalue weighted by molar-refractivity contribution is 7.21. The molecule has 1 atom stereocenters. The molecule has 2 N–H and O–H groups in total. The monoisotopic (exact) mass is 410 g/mol. The largest absolute Gasteiger partial charge is 0.380 e. The number of fused-ring (bicyclic) bond motifs is 1. The molecule has 2 heterocycles. The molecule has 0 bridgehead atoms. The van der Waals surface area contributed by atoms with Gasteiger partial charge < -0.3 is 10.1 Å². The maximum Gasteiger partial charge on any atom is 0.262 e. The highest BCUT2D eigenvalue weighted by Crippen LogP contribution is 2.34. The number of ether oxygens (including phenoxy) is 1. The van der Waals surface area contributed by atoms with Crippen molar-refractivity contribution in [3.63, 3.8) is 0 Å². The second-order valence-electron chi connectivity index (χ2n) is 6.55. The lowest BCUT2D eigenvalue weighted by atomic mass is 10.1. The number of nitrogens with zero attached hydrogens (tertiary/aromatic N) is 2. The highest BCUT2D eigenvalue weighted by Gasteiger charge is 2.26. The van der Waals surface area contributed by atoms with Crippen molar-refractivity contribution in [3.8, 4) is 0 Å². The first-order valence-electron chi connectivity index (χ1n) is 9.02. The number of aryl methyl sites for hydroxylation is 1. The van der Waals surface area contributed by atoms with Gasteiger partial charge in [0, 0.05) is 22.8 Å². The van der Waals surface area contributed by atoms with Crippen molar-refractivity contribution in [2.24, 2.45) is 0 Å². The smallest absolute Gasteiger partial charge is 0.262 e. The Balaban J connectivity index is 1.75. The van der Waals surface area contributed by atoms with Crippen molar-refractivity contribution >= 4 is 27.3 Å². The van der Waals surface area contributed by atoms with E-state index < -0.39 is 6.04 Å². The fourth-order valence-electron chi connectivity index (χ4n) is 3.26. The van der Waals surface area contributed by atoms with Crippen molar-refractivity contribution < 1.29 is 13.9 Å². The normalized spacial score (nSPS) is 12.2. The number of carbonyl (C=O) groups excluding carboxylic acids is 1. The number of halogens is 1. The zero-order chi connectivity index (χ0) is 20.4. The van der Waals surface area contributed by atoms with Gasteiger partial charge in [-0.15, -0.1) is 11.3 Å². The van der Waals surface area contributed by atoms with Gasteiger partial charge in [-0.3, -0.25) is 9.89 Å². The van der Waals surface area contributed by atoms with E-state index in [2.05, 4.69) is 20.5 Å². The maximum atomic E-state index is 14.4. The first-order chi connectivity index (χ1) is 14.1. The molecular formula is C21H19FN4O2S. The number of rotatable bonds is 6. The summed E-state index contributed by atoms with van der Waals surface area (Å²) in [7, 11) is 1.52. The summed E-state index contributed by atoms with van der Waals surface area (Å²) in [4.78, 5) is 18.0. The third kappa shape index (κ3) is 3.76. The quantitative estimate of drug-likeness (QED) is 0.501. The molecule has 2 aromatic heterocycles. The van der Waals surface area contributed by atoms with Gasteiger partial charge in [-0.2, -0.15) is 5.10 Å². The number of H-pyrrole nitrogens is 1. The van der Waals surface area contributed by atoms with Gasteiger partial charge in [0.25, 0.3) is 5.91 Å². The number of hydrogen-bond donors (Lipinski definition) is 2. The number of hydrogen-bond acceptors (Lipinski definition) is 5. The van der Waals surface area contributed by atoms with Crippen LogP contribution in [0.2, 0.25) is 0 Å². The van der Waals surface area contributed by atoms with Crippen LogP contribution in [0.25, 0.3) is 10.1 Å². The molecule has 4 rings (SSSR count). The summed E-state index contributed by atoms with van der Waals surface area (Å²) in [6, 6.07) is 13.8. The minimum absolute atomic E-state index is 0.138. The third-order valence-corrected chi connectivity index (χ3v) is 5.74. The first-order valence-corrected chi connectivity index (χ1v) is 9.83. The van der Waals surface area contributed by atoms with E-state index in [0.29, 0.717) is 32.2 Å². The van der Waals surface area contributed by atoms with Crippen molar-refractivity contribution in [1.82, 2.24) is 20.5 Å². The summed E-state index contributed by atoms with van der Waals surface area (Å²) in [5, 5.41) is 10.5. The van der Waals surface area contributed by atoms with Gasteiger partial charge in [-0.25, -0.2) is 9.37 Å².